The fourth-order valence-electron chi connectivity index (χ4n) is 4.20. The van der Waals surface area contributed by atoms with E-state index in [1.807, 2.05) is 35.7 Å². The summed E-state index contributed by atoms with van der Waals surface area (Å²) in [6, 6.07) is 17.2. The zero-order valence-corrected chi connectivity index (χ0v) is 17.9. The number of nitrogens with one attached hydrogen (secondary N) is 1. The Labute approximate surface area is 188 Å². The summed E-state index contributed by atoms with van der Waals surface area (Å²) in [4.78, 5) is 43.2. The Balaban J connectivity index is 1.39. The number of carbonyl (C=O) groups excluding carboxylic acids is 3. The van der Waals surface area contributed by atoms with Gasteiger partial charge in [-0.25, -0.2) is 0 Å². The number of carbonyl (C=O) groups is 3. The molecule has 162 valence electrons. The van der Waals surface area contributed by atoms with Crippen LogP contribution in [0.2, 0.25) is 0 Å². The van der Waals surface area contributed by atoms with Crippen molar-refractivity contribution in [3.8, 4) is 10.4 Å². The molecule has 2 N–H and O–H groups in total. The third-order valence-electron chi connectivity index (χ3n) is 5.92. The van der Waals surface area contributed by atoms with Crippen molar-refractivity contribution in [3.63, 3.8) is 0 Å². The molecule has 2 aliphatic heterocycles. The first-order valence-electron chi connectivity index (χ1n) is 10.3. The molecule has 1 saturated heterocycles. The van der Waals surface area contributed by atoms with E-state index in [2.05, 4.69) is 5.32 Å². The van der Waals surface area contributed by atoms with E-state index < -0.39 is 18.1 Å². The number of anilines is 1. The maximum atomic E-state index is 13.4. The normalized spacial score (nSPS) is 19.0. The number of aliphatic hydroxyl groups excluding tert-OH is 1. The van der Waals surface area contributed by atoms with Crippen molar-refractivity contribution in [2.45, 2.75) is 12.1 Å². The molecule has 0 spiro atoms. The van der Waals surface area contributed by atoms with Gasteiger partial charge < -0.3 is 20.2 Å². The molecule has 7 nitrogen and oxygen atoms in total. The molecule has 3 amide bonds. The SMILES string of the molecule is O=C1Nc2ccc(-c3cccs3)cc2C(=O)N2CCN(C(=O)[C@@H](O)c3ccccc3)C[C@H]12. The lowest BCUT2D eigenvalue weighted by atomic mass is 10.0. The van der Waals surface area contributed by atoms with E-state index in [4.69, 9.17) is 0 Å². The second kappa shape index (κ2) is 8.22. The summed E-state index contributed by atoms with van der Waals surface area (Å²) in [5.41, 5.74) is 2.32. The molecular weight excluding hydrogens is 426 g/mol. The molecule has 2 aromatic carbocycles. The topological polar surface area (TPSA) is 90.0 Å². The molecule has 3 aromatic rings. The minimum Gasteiger partial charge on any atom is -0.378 e. The van der Waals surface area contributed by atoms with Crippen LogP contribution < -0.4 is 5.32 Å². The van der Waals surface area contributed by atoms with Gasteiger partial charge in [0.15, 0.2) is 6.10 Å². The molecule has 0 saturated carbocycles. The zero-order chi connectivity index (χ0) is 22.2. The summed E-state index contributed by atoms with van der Waals surface area (Å²) in [6.45, 7) is 0.497. The predicted molar refractivity (Wildman–Crippen MR) is 121 cm³/mol. The van der Waals surface area contributed by atoms with Crippen LogP contribution in [-0.2, 0) is 9.59 Å². The van der Waals surface area contributed by atoms with Gasteiger partial charge in [-0.15, -0.1) is 11.3 Å². The summed E-state index contributed by atoms with van der Waals surface area (Å²) in [6.07, 6.45) is -1.31. The maximum Gasteiger partial charge on any atom is 0.256 e. The smallest absolute Gasteiger partial charge is 0.256 e. The number of hydrogen-bond donors (Lipinski definition) is 2. The maximum absolute atomic E-state index is 13.4. The number of aliphatic hydroxyl groups is 1. The molecule has 8 heteroatoms. The molecule has 2 aliphatic rings. The fourth-order valence-corrected chi connectivity index (χ4v) is 4.92. The van der Waals surface area contributed by atoms with Crippen molar-refractivity contribution >= 4 is 34.7 Å². The van der Waals surface area contributed by atoms with Crippen LogP contribution in [0.4, 0.5) is 5.69 Å². The largest absolute Gasteiger partial charge is 0.378 e. The molecule has 2 atom stereocenters. The van der Waals surface area contributed by atoms with E-state index in [1.165, 1.54) is 9.80 Å². The highest BCUT2D eigenvalue weighted by atomic mass is 32.1. The fraction of sp³-hybridized carbons (Fsp3) is 0.208. The van der Waals surface area contributed by atoms with Gasteiger partial charge in [-0.05, 0) is 34.7 Å². The number of nitrogens with zero attached hydrogens (tertiary/aromatic N) is 2. The van der Waals surface area contributed by atoms with Crippen molar-refractivity contribution in [2.75, 3.05) is 25.0 Å². The first-order valence-corrected chi connectivity index (χ1v) is 11.2. The van der Waals surface area contributed by atoms with Crippen LogP contribution >= 0.6 is 11.3 Å². The Morgan fingerprint density at radius 3 is 2.62 bits per heavy atom. The second-order valence-electron chi connectivity index (χ2n) is 7.84. The number of hydrogen-bond acceptors (Lipinski definition) is 5. The number of fused-ring (bicyclic) bond motifs is 2. The molecule has 0 aliphatic carbocycles. The number of thiophene rings is 1. The summed E-state index contributed by atoms with van der Waals surface area (Å²) in [7, 11) is 0. The highest BCUT2D eigenvalue weighted by Crippen LogP contribution is 2.32. The monoisotopic (exact) mass is 447 g/mol. The predicted octanol–water partition coefficient (Wildman–Crippen LogP) is 2.75. The van der Waals surface area contributed by atoms with Crippen molar-refractivity contribution in [1.29, 1.82) is 0 Å². The molecular formula is C24H21N3O4S. The Kier molecular flexibility index (Phi) is 5.24. The molecule has 32 heavy (non-hydrogen) atoms. The van der Waals surface area contributed by atoms with Gasteiger partial charge in [0, 0.05) is 18.0 Å². The Morgan fingerprint density at radius 1 is 1.06 bits per heavy atom. The number of rotatable bonds is 3. The molecule has 0 radical (unpaired) electrons. The number of piperazine rings is 1. The molecule has 3 heterocycles. The van der Waals surface area contributed by atoms with Crippen LogP contribution in [0.5, 0.6) is 0 Å². The highest BCUT2D eigenvalue weighted by molar-refractivity contribution is 7.13. The second-order valence-corrected chi connectivity index (χ2v) is 8.79. The van der Waals surface area contributed by atoms with Crippen molar-refractivity contribution in [2.24, 2.45) is 0 Å². The van der Waals surface area contributed by atoms with Gasteiger partial charge in [0.2, 0.25) is 5.91 Å². The molecule has 5 rings (SSSR count). The zero-order valence-electron chi connectivity index (χ0n) is 17.1. The first kappa shape index (κ1) is 20.4. The van der Waals surface area contributed by atoms with Gasteiger partial charge in [0.25, 0.3) is 11.8 Å². The highest BCUT2D eigenvalue weighted by Gasteiger charge is 2.41. The summed E-state index contributed by atoms with van der Waals surface area (Å²) < 4.78 is 0. The van der Waals surface area contributed by atoms with Crippen molar-refractivity contribution < 1.29 is 19.5 Å². The molecule has 0 unspecified atom stereocenters. The van der Waals surface area contributed by atoms with Crippen LogP contribution in [0.15, 0.2) is 66.0 Å². The first-order chi connectivity index (χ1) is 15.5. The van der Waals surface area contributed by atoms with Gasteiger partial charge in [-0.2, -0.15) is 0 Å². The molecule has 0 bridgehead atoms. The van der Waals surface area contributed by atoms with Gasteiger partial charge in [-0.1, -0.05) is 42.5 Å². The van der Waals surface area contributed by atoms with E-state index in [0.29, 0.717) is 16.8 Å². The van der Waals surface area contributed by atoms with E-state index in [9.17, 15) is 19.5 Å². The Hall–Kier alpha value is -3.49. The van der Waals surface area contributed by atoms with Gasteiger partial charge >= 0.3 is 0 Å². The van der Waals surface area contributed by atoms with Gasteiger partial charge in [0.05, 0.1) is 17.8 Å². The standard InChI is InChI=1S/C24H21N3O4S/c28-21(15-5-2-1-3-6-15)24(31)26-10-11-27-19(14-26)22(29)25-18-9-8-16(13-17(18)23(27)30)20-7-4-12-32-20/h1-9,12-13,19,21,28H,10-11,14H2,(H,25,29)/t19-,21+/m1/s1. The lowest BCUT2D eigenvalue weighted by Gasteiger charge is -2.40. The van der Waals surface area contributed by atoms with Gasteiger partial charge in [0.1, 0.15) is 6.04 Å². The third-order valence-corrected chi connectivity index (χ3v) is 6.84. The number of benzene rings is 2. The Morgan fingerprint density at radius 2 is 1.88 bits per heavy atom. The quantitative estimate of drug-likeness (QED) is 0.646. The minimum atomic E-state index is -1.31. The van der Waals surface area contributed by atoms with Crippen LogP contribution in [0.3, 0.4) is 0 Å². The van der Waals surface area contributed by atoms with Crippen LogP contribution in [0, 0.1) is 0 Å². The van der Waals surface area contributed by atoms with E-state index in [0.717, 1.165) is 10.4 Å². The van der Waals surface area contributed by atoms with E-state index >= 15 is 0 Å². The van der Waals surface area contributed by atoms with Crippen LogP contribution in [0.25, 0.3) is 10.4 Å². The molecule has 1 aromatic heterocycles. The van der Waals surface area contributed by atoms with Gasteiger partial charge in [-0.3, -0.25) is 14.4 Å². The molecule has 1 fully saturated rings. The summed E-state index contributed by atoms with van der Waals surface area (Å²) >= 11 is 1.58. The third kappa shape index (κ3) is 3.57. The average molecular weight is 448 g/mol. The minimum absolute atomic E-state index is 0.0338. The summed E-state index contributed by atoms with van der Waals surface area (Å²) in [5, 5.41) is 15.3. The summed E-state index contributed by atoms with van der Waals surface area (Å²) in [5.74, 6) is -1.05. The lowest BCUT2D eigenvalue weighted by molar-refractivity contribution is -0.144. The van der Waals surface area contributed by atoms with Crippen molar-refractivity contribution in [1.82, 2.24) is 9.80 Å². The average Bonchev–Trinajstić information content (AvgIpc) is 3.35. The van der Waals surface area contributed by atoms with Crippen LogP contribution in [0.1, 0.15) is 22.0 Å². The van der Waals surface area contributed by atoms with Crippen molar-refractivity contribution in [3.05, 3.63) is 77.2 Å². The van der Waals surface area contributed by atoms with E-state index in [1.54, 1.807) is 41.7 Å². The lowest BCUT2D eigenvalue weighted by Crippen LogP contribution is -2.60. The van der Waals surface area contributed by atoms with E-state index in [-0.39, 0.29) is 31.4 Å². The van der Waals surface area contributed by atoms with Crippen LogP contribution in [-0.4, -0.2) is 58.3 Å². The number of amides is 3. The Bertz CT molecular complexity index is 1180.